The van der Waals surface area contributed by atoms with E-state index < -0.39 is 0 Å². The van der Waals surface area contributed by atoms with E-state index >= 15 is 0 Å². The Morgan fingerprint density at radius 1 is 0.962 bits per heavy atom. The zero-order valence-electron chi connectivity index (χ0n) is 14.5. The third-order valence-corrected chi connectivity index (χ3v) is 4.96. The van der Waals surface area contributed by atoms with Crippen LogP contribution in [0.25, 0.3) is 16.9 Å². The summed E-state index contributed by atoms with van der Waals surface area (Å²) in [6, 6.07) is 17.7. The lowest BCUT2D eigenvalue weighted by Crippen LogP contribution is -2.23. The van der Waals surface area contributed by atoms with Crippen LogP contribution in [0.5, 0.6) is 0 Å². The second-order valence-corrected chi connectivity index (χ2v) is 7.27. The highest BCUT2D eigenvalue weighted by molar-refractivity contribution is 9.10. The number of benzene rings is 2. The Labute approximate surface area is 159 Å². The maximum atomic E-state index is 12.7. The van der Waals surface area contributed by atoms with E-state index in [-0.39, 0.29) is 5.69 Å². The van der Waals surface area contributed by atoms with E-state index in [4.69, 9.17) is 0 Å². The summed E-state index contributed by atoms with van der Waals surface area (Å²) in [5, 5.41) is 8.90. The van der Waals surface area contributed by atoms with Crippen LogP contribution in [0.1, 0.15) is 16.7 Å². The molecule has 0 aliphatic heterocycles. The van der Waals surface area contributed by atoms with Crippen molar-refractivity contribution >= 4 is 21.6 Å². The van der Waals surface area contributed by atoms with Crippen LogP contribution in [0.3, 0.4) is 0 Å². The number of fused-ring (bicyclic) bond motifs is 1. The van der Waals surface area contributed by atoms with Gasteiger partial charge in [-0.15, -0.1) is 5.10 Å². The summed E-state index contributed by atoms with van der Waals surface area (Å²) in [4.78, 5) is 12.7. The third-order valence-electron chi connectivity index (χ3n) is 4.46. The highest BCUT2D eigenvalue weighted by Gasteiger charge is 2.11. The zero-order chi connectivity index (χ0) is 18.3. The van der Waals surface area contributed by atoms with E-state index in [9.17, 15) is 4.79 Å². The lowest BCUT2D eigenvalue weighted by Gasteiger charge is -2.04. The Balaban J connectivity index is 1.76. The van der Waals surface area contributed by atoms with Crippen molar-refractivity contribution in [2.24, 2.45) is 0 Å². The number of aryl methyl sites for hydroxylation is 2. The number of aromatic nitrogens is 4. The van der Waals surface area contributed by atoms with Crippen LogP contribution in [0.2, 0.25) is 0 Å². The van der Waals surface area contributed by atoms with Gasteiger partial charge in [0.1, 0.15) is 0 Å². The van der Waals surface area contributed by atoms with Crippen LogP contribution >= 0.6 is 15.9 Å². The SMILES string of the molecule is Cc1ccc(-c2ccc3nn(Cc4cccc(Br)c4)c(=O)n3n2)cc1C. The molecule has 26 heavy (non-hydrogen) atoms. The smallest absolute Gasteiger partial charge is 0.244 e. The predicted molar refractivity (Wildman–Crippen MR) is 105 cm³/mol. The highest BCUT2D eigenvalue weighted by atomic mass is 79.9. The minimum atomic E-state index is -0.245. The molecule has 0 amide bonds. The van der Waals surface area contributed by atoms with Crippen molar-refractivity contribution < 1.29 is 0 Å². The second kappa shape index (κ2) is 6.53. The standard InChI is InChI=1S/C20H17BrN4O/c1-13-6-7-16(10-14(13)2)18-8-9-19-23-24(20(26)25(19)22-18)12-15-4-3-5-17(21)11-15/h3-11H,12H2,1-2H3. The lowest BCUT2D eigenvalue weighted by atomic mass is 10.0. The maximum absolute atomic E-state index is 12.7. The first-order valence-electron chi connectivity index (χ1n) is 8.30. The maximum Gasteiger partial charge on any atom is 0.367 e. The molecule has 0 saturated heterocycles. The van der Waals surface area contributed by atoms with Crippen molar-refractivity contribution in [3.05, 3.63) is 86.2 Å². The minimum Gasteiger partial charge on any atom is -0.244 e. The van der Waals surface area contributed by atoms with Gasteiger partial charge in [-0.1, -0.05) is 40.2 Å². The van der Waals surface area contributed by atoms with E-state index in [0.29, 0.717) is 12.2 Å². The highest BCUT2D eigenvalue weighted by Crippen LogP contribution is 2.20. The van der Waals surface area contributed by atoms with Gasteiger partial charge in [-0.05, 0) is 60.9 Å². The van der Waals surface area contributed by atoms with Crippen molar-refractivity contribution in [3.63, 3.8) is 0 Å². The summed E-state index contributed by atoms with van der Waals surface area (Å²) in [6.45, 7) is 4.55. The largest absolute Gasteiger partial charge is 0.367 e. The van der Waals surface area contributed by atoms with Crippen molar-refractivity contribution in [2.45, 2.75) is 20.4 Å². The first kappa shape index (κ1) is 16.7. The van der Waals surface area contributed by atoms with Crippen molar-refractivity contribution in [1.29, 1.82) is 0 Å². The summed E-state index contributed by atoms with van der Waals surface area (Å²) >= 11 is 3.45. The average molecular weight is 409 g/mol. The number of halogens is 1. The molecule has 0 spiro atoms. The summed E-state index contributed by atoms with van der Waals surface area (Å²) in [5.74, 6) is 0. The number of hydrogen-bond acceptors (Lipinski definition) is 3. The van der Waals surface area contributed by atoms with Gasteiger partial charge in [-0.2, -0.15) is 9.61 Å². The molecule has 0 atom stereocenters. The molecule has 130 valence electrons. The number of nitrogens with zero attached hydrogens (tertiary/aromatic N) is 4. The van der Waals surface area contributed by atoms with E-state index in [0.717, 1.165) is 21.3 Å². The molecule has 0 radical (unpaired) electrons. The van der Waals surface area contributed by atoms with E-state index in [2.05, 4.69) is 52.1 Å². The lowest BCUT2D eigenvalue weighted by molar-refractivity contribution is 0.650. The fraction of sp³-hybridized carbons (Fsp3) is 0.150. The molecule has 5 nitrogen and oxygen atoms in total. The van der Waals surface area contributed by atoms with Gasteiger partial charge in [0.25, 0.3) is 0 Å². The molecule has 6 heteroatoms. The molecular weight excluding hydrogens is 392 g/mol. The fourth-order valence-corrected chi connectivity index (χ4v) is 3.32. The van der Waals surface area contributed by atoms with Crippen molar-refractivity contribution in [1.82, 2.24) is 19.4 Å². The number of hydrogen-bond donors (Lipinski definition) is 0. The minimum absolute atomic E-state index is 0.245. The molecule has 4 rings (SSSR count). The summed E-state index contributed by atoms with van der Waals surface area (Å²) < 4.78 is 3.78. The second-order valence-electron chi connectivity index (χ2n) is 6.36. The predicted octanol–water partition coefficient (Wildman–Crippen LogP) is 3.99. The van der Waals surface area contributed by atoms with Crippen LogP contribution in [-0.4, -0.2) is 19.4 Å². The molecule has 0 aliphatic carbocycles. The van der Waals surface area contributed by atoms with Crippen LogP contribution in [0, 0.1) is 13.8 Å². The molecule has 2 aromatic carbocycles. The van der Waals surface area contributed by atoms with Gasteiger partial charge in [-0.3, -0.25) is 0 Å². The van der Waals surface area contributed by atoms with Gasteiger partial charge < -0.3 is 0 Å². The normalized spacial score (nSPS) is 11.2. The first-order valence-corrected chi connectivity index (χ1v) is 9.09. The van der Waals surface area contributed by atoms with E-state index in [1.807, 2.05) is 42.5 Å². The van der Waals surface area contributed by atoms with Gasteiger partial charge in [0, 0.05) is 10.0 Å². The van der Waals surface area contributed by atoms with Crippen molar-refractivity contribution in [3.8, 4) is 11.3 Å². The van der Waals surface area contributed by atoms with Gasteiger partial charge >= 0.3 is 5.69 Å². The van der Waals surface area contributed by atoms with Crippen molar-refractivity contribution in [2.75, 3.05) is 0 Å². The Morgan fingerprint density at radius 3 is 2.58 bits per heavy atom. The first-order chi connectivity index (χ1) is 12.5. The van der Waals surface area contributed by atoms with Crippen LogP contribution < -0.4 is 5.69 Å². The van der Waals surface area contributed by atoms with E-state index in [1.165, 1.54) is 20.3 Å². The fourth-order valence-electron chi connectivity index (χ4n) is 2.87. The Kier molecular flexibility index (Phi) is 4.20. The number of rotatable bonds is 3. The molecule has 0 aliphatic rings. The van der Waals surface area contributed by atoms with Crippen LogP contribution in [0.15, 0.2) is 63.9 Å². The molecule has 4 aromatic rings. The third kappa shape index (κ3) is 3.08. The molecular formula is C20H17BrN4O. The molecule has 0 N–H and O–H groups in total. The summed E-state index contributed by atoms with van der Waals surface area (Å²) in [7, 11) is 0. The molecule has 2 aromatic heterocycles. The molecule has 0 fully saturated rings. The van der Waals surface area contributed by atoms with Gasteiger partial charge in [0.2, 0.25) is 0 Å². The molecule has 2 heterocycles. The quantitative estimate of drug-likeness (QED) is 0.514. The Bertz CT molecular complexity index is 1180. The molecule has 0 bridgehead atoms. The monoisotopic (exact) mass is 408 g/mol. The Morgan fingerprint density at radius 2 is 1.81 bits per heavy atom. The molecule has 0 saturated carbocycles. The van der Waals surface area contributed by atoms with Crippen LogP contribution in [-0.2, 0) is 6.54 Å². The van der Waals surface area contributed by atoms with E-state index in [1.54, 1.807) is 0 Å². The van der Waals surface area contributed by atoms with Gasteiger partial charge in [0.15, 0.2) is 5.65 Å². The zero-order valence-corrected chi connectivity index (χ0v) is 16.1. The molecule has 0 unspecified atom stereocenters. The van der Waals surface area contributed by atoms with Gasteiger partial charge in [0.05, 0.1) is 12.2 Å². The van der Waals surface area contributed by atoms with Crippen LogP contribution in [0.4, 0.5) is 0 Å². The topological polar surface area (TPSA) is 52.2 Å². The van der Waals surface area contributed by atoms with Gasteiger partial charge in [-0.25, -0.2) is 9.48 Å². The summed E-state index contributed by atoms with van der Waals surface area (Å²) in [5.41, 5.74) is 5.46. The Hall–Kier alpha value is -2.73. The summed E-state index contributed by atoms with van der Waals surface area (Å²) in [6.07, 6.45) is 0. The average Bonchev–Trinajstić information content (AvgIpc) is 2.93.